The smallest absolute Gasteiger partial charge is 0.225 e. The summed E-state index contributed by atoms with van der Waals surface area (Å²) in [6.07, 6.45) is 8.63. The fourth-order valence-corrected chi connectivity index (χ4v) is 5.12. The van der Waals surface area contributed by atoms with E-state index in [0.717, 1.165) is 30.4 Å². The first-order chi connectivity index (χ1) is 12.8. The molecule has 0 radical (unpaired) electrons. The first-order valence-electron chi connectivity index (χ1n) is 10.3. The zero-order chi connectivity index (χ0) is 17.5. The molecule has 0 unspecified atom stereocenters. The molecule has 0 amide bonds. The molecular formula is C22H28N4. The molecule has 2 fully saturated rings. The summed E-state index contributed by atoms with van der Waals surface area (Å²) in [5, 5.41) is 3.61. The molecule has 1 aromatic carbocycles. The van der Waals surface area contributed by atoms with Crippen molar-refractivity contribution in [3.63, 3.8) is 0 Å². The summed E-state index contributed by atoms with van der Waals surface area (Å²) in [4.78, 5) is 12.3. The third-order valence-corrected chi connectivity index (χ3v) is 6.49. The lowest BCUT2D eigenvalue weighted by atomic mass is 9.75. The molecule has 2 aliphatic carbocycles. The van der Waals surface area contributed by atoms with E-state index in [0.29, 0.717) is 18.0 Å². The van der Waals surface area contributed by atoms with Crippen LogP contribution in [-0.4, -0.2) is 22.6 Å². The second-order valence-electron chi connectivity index (χ2n) is 8.09. The molecule has 2 aromatic rings. The predicted octanol–water partition coefficient (Wildman–Crippen LogP) is 4.83. The standard InChI is InChI=1S/C22H28N4/c1-2-16-13-21(25-22(23-16)24-17-7-3-4-8-17)26-14-15-11-12-20(26)19-10-6-5-9-18(15)19/h5-6,9-10,13,15,17,20H,2-4,7-8,11-12,14H2,1H3,(H,23,24,25)/t15-,20+/m1/s1. The van der Waals surface area contributed by atoms with Gasteiger partial charge < -0.3 is 10.2 Å². The Bertz CT molecular complexity index is 796. The number of aromatic nitrogens is 2. The Morgan fingerprint density at radius 1 is 1.04 bits per heavy atom. The van der Waals surface area contributed by atoms with Crippen molar-refractivity contribution in [1.82, 2.24) is 9.97 Å². The van der Waals surface area contributed by atoms with Crippen molar-refractivity contribution in [1.29, 1.82) is 0 Å². The average Bonchev–Trinajstić information content (AvgIpc) is 3.21. The molecule has 4 heteroatoms. The van der Waals surface area contributed by atoms with E-state index in [1.165, 1.54) is 44.1 Å². The van der Waals surface area contributed by atoms with Gasteiger partial charge in [0.1, 0.15) is 5.82 Å². The molecule has 0 spiro atoms. The molecule has 2 atom stereocenters. The lowest BCUT2D eigenvalue weighted by Crippen LogP contribution is -2.43. The van der Waals surface area contributed by atoms with E-state index in [1.807, 2.05) is 0 Å². The summed E-state index contributed by atoms with van der Waals surface area (Å²) in [6, 6.07) is 12.2. The Hall–Kier alpha value is -2.10. The van der Waals surface area contributed by atoms with Crippen molar-refractivity contribution < 1.29 is 0 Å². The van der Waals surface area contributed by atoms with Crippen LogP contribution in [0.5, 0.6) is 0 Å². The quantitative estimate of drug-likeness (QED) is 0.859. The number of fused-ring (bicyclic) bond motifs is 2. The summed E-state index contributed by atoms with van der Waals surface area (Å²) in [7, 11) is 0. The largest absolute Gasteiger partial charge is 0.351 e. The Morgan fingerprint density at radius 2 is 1.85 bits per heavy atom. The number of benzene rings is 1. The highest BCUT2D eigenvalue weighted by molar-refractivity contribution is 5.53. The van der Waals surface area contributed by atoms with Crippen LogP contribution in [-0.2, 0) is 6.42 Å². The van der Waals surface area contributed by atoms with Gasteiger partial charge in [-0.25, -0.2) is 4.98 Å². The molecule has 3 heterocycles. The summed E-state index contributed by atoms with van der Waals surface area (Å²) < 4.78 is 0. The van der Waals surface area contributed by atoms with E-state index in [4.69, 9.17) is 9.97 Å². The van der Waals surface area contributed by atoms with Gasteiger partial charge in [-0.2, -0.15) is 4.98 Å². The number of rotatable bonds is 4. The Labute approximate surface area is 156 Å². The lowest BCUT2D eigenvalue weighted by Gasteiger charge is -2.47. The van der Waals surface area contributed by atoms with Gasteiger partial charge >= 0.3 is 0 Å². The van der Waals surface area contributed by atoms with E-state index in [-0.39, 0.29) is 0 Å². The minimum Gasteiger partial charge on any atom is -0.351 e. The van der Waals surface area contributed by atoms with Gasteiger partial charge in [0.25, 0.3) is 0 Å². The highest BCUT2D eigenvalue weighted by atomic mass is 15.3. The second kappa shape index (κ2) is 6.57. The highest BCUT2D eigenvalue weighted by Crippen LogP contribution is 2.48. The van der Waals surface area contributed by atoms with Crippen LogP contribution in [0.1, 0.15) is 74.2 Å². The van der Waals surface area contributed by atoms with Crippen LogP contribution in [0, 0.1) is 0 Å². The maximum atomic E-state index is 4.96. The molecule has 6 rings (SSSR count). The van der Waals surface area contributed by atoms with Crippen LogP contribution >= 0.6 is 0 Å². The molecular weight excluding hydrogens is 320 g/mol. The SMILES string of the molecule is CCc1cc(N2C[C@H]3CC[C@H]2c2ccccc23)nc(NC2CCCC2)n1. The van der Waals surface area contributed by atoms with Crippen molar-refractivity contribution in [2.24, 2.45) is 0 Å². The van der Waals surface area contributed by atoms with Gasteiger partial charge in [0.2, 0.25) is 5.95 Å². The van der Waals surface area contributed by atoms with E-state index in [9.17, 15) is 0 Å². The summed E-state index contributed by atoms with van der Waals surface area (Å²) in [5.74, 6) is 2.59. The molecule has 1 N–H and O–H groups in total. The topological polar surface area (TPSA) is 41.1 Å². The fourth-order valence-electron chi connectivity index (χ4n) is 5.12. The number of aryl methyl sites for hydroxylation is 1. The van der Waals surface area contributed by atoms with Crippen molar-refractivity contribution >= 4 is 11.8 Å². The third-order valence-electron chi connectivity index (χ3n) is 6.49. The van der Waals surface area contributed by atoms with Crippen LogP contribution in [0.25, 0.3) is 0 Å². The molecule has 2 bridgehead atoms. The average molecular weight is 348 g/mol. The number of anilines is 2. The minimum atomic E-state index is 0.468. The molecule has 4 aliphatic rings. The lowest BCUT2D eigenvalue weighted by molar-refractivity contribution is 0.387. The number of piperidine rings is 1. The minimum absolute atomic E-state index is 0.468. The molecule has 136 valence electrons. The van der Waals surface area contributed by atoms with Crippen LogP contribution < -0.4 is 10.2 Å². The Kier molecular flexibility index (Phi) is 4.07. The van der Waals surface area contributed by atoms with Gasteiger partial charge in [0, 0.05) is 30.3 Å². The van der Waals surface area contributed by atoms with Crippen LogP contribution in [0.15, 0.2) is 30.3 Å². The molecule has 1 aromatic heterocycles. The summed E-state index contributed by atoms with van der Waals surface area (Å²) >= 11 is 0. The first-order valence-corrected chi connectivity index (χ1v) is 10.3. The van der Waals surface area contributed by atoms with Crippen molar-refractivity contribution in [3.05, 3.63) is 47.2 Å². The second-order valence-corrected chi connectivity index (χ2v) is 8.09. The number of hydrogen-bond donors (Lipinski definition) is 1. The summed E-state index contributed by atoms with van der Waals surface area (Å²) in [5.41, 5.74) is 4.22. The Balaban J connectivity index is 1.48. The predicted molar refractivity (Wildman–Crippen MR) is 106 cm³/mol. The third kappa shape index (κ3) is 2.76. The van der Waals surface area contributed by atoms with Crippen LogP contribution in [0.4, 0.5) is 11.8 Å². The van der Waals surface area contributed by atoms with Gasteiger partial charge in [-0.15, -0.1) is 0 Å². The van der Waals surface area contributed by atoms with E-state index in [2.05, 4.69) is 47.5 Å². The maximum absolute atomic E-state index is 4.96. The van der Waals surface area contributed by atoms with Crippen molar-refractivity contribution in [2.75, 3.05) is 16.8 Å². The number of nitrogens with zero attached hydrogens (tertiary/aromatic N) is 3. The van der Waals surface area contributed by atoms with Gasteiger partial charge in [0.05, 0.1) is 6.04 Å². The van der Waals surface area contributed by atoms with Crippen molar-refractivity contribution in [2.45, 2.75) is 69.9 Å². The number of hydrogen-bond acceptors (Lipinski definition) is 4. The monoisotopic (exact) mass is 348 g/mol. The zero-order valence-electron chi connectivity index (χ0n) is 15.6. The maximum Gasteiger partial charge on any atom is 0.225 e. The fraction of sp³-hybridized carbons (Fsp3) is 0.545. The van der Waals surface area contributed by atoms with E-state index >= 15 is 0 Å². The molecule has 1 saturated carbocycles. The van der Waals surface area contributed by atoms with E-state index < -0.39 is 0 Å². The van der Waals surface area contributed by atoms with Gasteiger partial charge in [0.15, 0.2) is 0 Å². The highest BCUT2D eigenvalue weighted by Gasteiger charge is 2.38. The molecule has 2 aliphatic heterocycles. The van der Waals surface area contributed by atoms with Crippen LogP contribution in [0.3, 0.4) is 0 Å². The number of nitrogens with one attached hydrogen (secondary N) is 1. The van der Waals surface area contributed by atoms with Crippen LogP contribution in [0.2, 0.25) is 0 Å². The van der Waals surface area contributed by atoms with E-state index in [1.54, 1.807) is 5.56 Å². The molecule has 1 saturated heterocycles. The van der Waals surface area contributed by atoms with Crippen molar-refractivity contribution in [3.8, 4) is 0 Å². The zero-order valence-corrected chi connectivity index (χ0v) is 15.6. The summed E-state index contributed by atoms with van der Waals surface area (Å²) in [6.45, 7) is 3.27. The molecule has 26 heavy (non-hydrogen) atoms. The first kappa shape index (κ1) is 16.1. The van der Waals surface area contributed by atoms with Gasteiger partial charge in [-0.05, 0) is 43.2 Å². The van der Waals surface area contributed by atoms with Gasteiger partial charge in [-0.1, -0.05) is 44.0 Å². The Morgan fingerprint density at radius 3 is 2.65 bits per heavy atom. The normalized spacial score (nSPS) is 24.7. The van der Waals surface area contributed by atoms with Gasteiger partial charge in [-0.3, -0.25) is 0 Å². The molecule has 4 nitrogen and oxygen atoms in total.